The van der Waals surface area contributed by atoms with Crippen molar-refractivity contribution in [3.05, 3.63) is 89.5 Å². The predicted octanol–water partition coefficient (Wildman–Crippen LogP) is 7.25. The van der Waals surface area contributed by atoms with Crippen molar-refractivity contribution >= 4 is 33.6 Å². The number of benzene rings is 2. The number of anilines is 2. The first-order valence-electron chi connectivity index (χ1n) is 19.0. The Hall–Kier alpha value is -5.22. The van der Waals surface area contributed by atoms with Gasteiger partial charge in [-0.25, -0.2) is 13.9 Å². The zero-order chi connectivity index (χ0) is 39.8. The number of piperidine rings is 1. The number of halogens is 1. The van der Waals surface area contributed by atoms with Crippen LogP contribution in [0.3, 0.4) is 0 Å². The van der Waals surface area contributed by atoms with Crippen LogP contribution < -0.4 is 25.0 Å². The third-order valence-electron chi connectivity index (χ3n) is 10.3. The molecular weight excluding hydrogens is 740 g/mol. The molecule has 1 fully saturated rings. The molecule has 2 N–H and O–H groups in total. The van der Waals surface area contributed by atoms with E-state index in [-0.39, 0.29) is 31.1 Å². The first-order valence-corrected chi connectivity index (χ1v) is 20.8. The summed E-state index contributed by atoms with van der Waals surface area (Å²) in [4.78, 5) is 16.1. The topological polar surface area (TPSA) is 154 Å². The summed E-state index contributed by atoms with van der Waals surface area (Å²) in [7, 11) is -3.65. The van der Waals surface area contributed by atoms with Crippen molar-refractivity contribution in [1.29, 1.82) is 0 Å². The molecule has 0 radical (unpaired) electrons. The summed E-state index contributed by atoms with van der Waals surface area (Å²) in [6.07, 6.45) is 7.37. The van der Waals surface area contributed by atoms with Gasteiger partial charge in [0.05, 0.1) is 29.9 Å². The van der Waals surface area contributed by atoms with Crippen LogP contribution in [0.2, 0.25) is 0 Å². The van der Waals surface area contributed by atoms with Gasteiger partial charge in [0.15, 0.2) is 5.65 Å². The fraction of sp³-hybridized carbons (Fsp3) is 0.450. The number of nitrogens with zero attached hydrogens (tertiary/aromatic N) is 6. The number of urea groups is 1. The highest BCUT2D eigenvalue weighted by atomic mass is 32.2. The second-order valence-electron chi connectivity index (χ2n) is 15.7. The molecule has 0 saturated carbocycles. The van der Waals surface area contributed by atoms with Crippen molar-refractivity contribution in [2.24, 2.45) is 0 Å². The van der Waals surface area contributed by atoms with E-state index in [0.717, 1.165) is 41.8 Å². The standard InChI is InChI=1S/C40H49FN8O6S/c1-25-10-9-11-26(2)48(25)39-45-44-36-17-14-29(24-47(36)39)55-34-16-15-33(31-12-7-8-13-32(31)34)42-38(50)43-37-23-35(40(3,4)5)46-49(37)28-20-27(41)21-30(22-28)53-18-19-54-56(6,51)52/h7-8,12-14,17,20-26,33-34H,9-11,15-16,18-19H2,1-6H3,(H2,42,43,50)/t25-,26?,33?,34+/m0/s1. The lowest BCUT2D eigenvalue weighted by molar-refractivity contribution is 0.171. The van der Waals surface area contributed by atoms with Gasteiger partial charge in [0.2, 0.25) is 5.95 Å². The number of rotatable bonds is 11. The van der Waals surface area contributed by atoms with Gasteiger partial charge in [-0.3, -0.25) is 13.9 Å². The molecule has 5 aromatic rings. The molecule has 1 saturated heterocycles. The Morgan fingerprint density at radius 1 is 0.929 bits per heavy atom. The van der Waals surface area contributed by atoms with Gasteiger partial charge in [-0.1, -0.05) is 45.0 Å². The van der Waals surface area contributed by atoms with E-state index in [4.69, 9.17) is 18.8 Å². The van der Waals surface area contributed by atoms with Crippen molar-refractivity contribution in [3.8, 4) is 17.2 Å². The zero-order valence-corrected chi connectivity index (χ0v) is 33.3. The van der Waals surface area contributed by atoms with E-state index >= 15 is 0 Å². The number of hydrogen-bond acceptors (Lipinski definition) is 10. The van der Waals surface area contributed by atoms with Gasteiger partial charge in [-0.2, -0.15) is 13.5 Å². The maximum Gasteiger partial charge on any atom is 0.320 e. The monoisotopic (exact) mass is 788 g/mol. The van der Waals surface area contributed by atoms with Crippen LogP contribution in [0, 0.1) is 5.82 Å². The van der Waals surface area contributed by atoms with E-state index in [1.807, 2.05) is 67.8 Å². The van der Waals surface area contributed by atoms with Gasteiger partial charge in [-0.15, -0.1) is 10.2 Å². The van der Waals surface area contributed by atoms with Crippen molar-refractivity contribution in [2.75, 3.05) is 29.7 Å². The molecule has 2 unspecified atom stereocenters. The third kappa shape index (κ3) is 8.76. The van der Waals surface area contributed by atoms with Crippen LogP contribution in [0.25, 0.3) is 11.3 Å². The minimum atomic E-state index is -3.65. The summed E-state index contributed by atoms with van der Waals surface area (Å²) >= 11 is 0. The quantitative estimate of drug-likeness (QED) is 0.103. The SMILES string of the molecule is CC1CCC[C@H](C)N1c1nnc2ccc(O[C@@H]3CCC(NC(=O)Nc4cc(C(C)(C)C)nn4-c4cc(F)cc(OCCOS(C)(=O)=O)c4)c4ccccc43)cn12. The molecule has 4 heterocycles. The number of hydrogen-bond donors (Lipinski definition) is 2. The summed E-state index contributed by atoms with van der Waals surface area (Å²) in [5.41, 5.74) is 3.28. The van der Waals surface area contributed by atoms with Crippen molar-refractivity contribution < 1.29 is 31.3 Å². The number of carbonyl (C=O) groups excluding carboxylic acids is 1. The minimum absolute atomic E-state index is 0.125. The van der Waals surface area contributed by atoms with Gasteiger partial charge in [0.1, 0.15) is 42.5 Å². The smallest absolute Gasteiger partial charge is 0.320 e. The van der Waals surface area contributed by atoms with Crippen LogP contribution in [0.4, 0.5) is 21.0 Å². The van der Waals surface area contributed by atoms with E-state index in [0.29, 0.717) is 47.9 Å². The highest BCUT2D eigenvalue weighted by Gasteiger charge is 2.32. The minimum Gasteiger partial charge on any atom is -0.491 e. The summed E-state index contributed by atoms with van der Waals surface area (Å²) in [5, 5.41) is 19.8. The summed E-state index contributed by atoms with van der Waals surface area (Å²) in [6, 6.07) is 17.5. The van der Waals surface area contributed by atoms with Crippen LogP contribution in [0.5, 0.6) is 11.5 Å². The first kappa shape index (κ1) is 39.0. The number of fused-ring (bicyclic) bond motifs is 2. The van der Waals surface area contributed by atoms with Gasteiger partial charge in [-0.05, 0) is 75.3 Å². The average Bonchev–Trinajstić information content (AvgIpc) is 3.75. The van der Waals surface area contributed by atoms with Gasteiger partial charge >= 0.3 is 6.03 Å². The molecule has 1 aliphatic carbocycles. The second kappa shape index (κ2) is 15.7. The number of pyridine rings is 1. The van der Waals surface area contributed by atoms with Gasteiger partial charge in [0.25, 0.3) is 10.1 Å². The molecule has 14 nitrogen and oxygen atoms in total. The predicted molar refractivity (Wildman–Crippen MR) is 211 cm³/mol. The average molecular weight is 789 g/mol. The van der Waals surface area contributed by atoms with Crippen molar-refractivity contribution in [1.82, 2.24) is 29.7 Å². The summed E-state index contributed by atoms with van der Waals surface area (Å²) < 4.78 is 57.9. The van der Waals surface area contributed by atoms with Crippen molar-refractivity contribution in [2.45, 2.75) is 96.4 Å². The van der Waals surface area contributed by atoms with E-state index in [2.05, 4.69) is 39.6 Å². The number of nitrogens with one attached hydrogen (secondary N) is 2. The molecule has 0 spiro atoms. The molecule has 16 heteroatoms. The van der Waals surface area contributed by atoms with Crippen LogP contribution in [0.1, 0.15) is 95.7 Å². The van der Waals surface area contributed by atoms with E-state index in [1.54, 1.807) is 12.1 Å². The normalized spacial score (nSPS) is 20.1. The third-order valence-corrected chi connectivity index (χ3v) is 10.9. The van der Waals surface area contributed by atoms with E-state index in [1.165, 1.54) is 23.2 Å². The summed E-state index contributed by atoms with van der Waals surface area (Å²) in [5.74, 6) is 1.39. The number of aromatic nitrogens is 5. The lowest BCUT2D eigenvalue weighted by atomic mass is 9.85. The van der Waals surface area contributed by atoms with E-state index < -0.39 is 27.4 Å². The Bertz CT molecular complexity index is 2310. The van der Waals surface area contributed by atoms with Gasteiger partial charge < -0.3 is 19.7 Å². The maximum atomic E-state index is 14.9. The fourth-order valence-electron chi connectivity index (χ4n) is 7.55. The largest absolute Gasteiger partial charge is 0.491 e. The number of ether oxygens (including phenoxy) is 2. The highest BCUT2D eigenvalue weighted by molar-refractivity contribution is 7.85. The number of carbonyl (C=O) groups is 1. The van der Waals surface area contributed by atoms with Gasteiger partial charge in [0, 0.05) is 35.7 Å². The molecule has 1 aliphatic heterocycles. The van der Waals surface area contributed by atoms with Crippen LogP contribution in [-0.2, 0) is 19.7 Å². The zero-order valence-electron chi connectivity index (χ0n) is 32.5. The number of amides is 2. The van der Waals surface area contributed by atoms with Crippen LogP contribution in [-0.4, -0.2) is 70.4 Å². The highest BCUT2D eigenvalue weighted by Crippen LogP contribution is 2.39. The Balaban J connectivity index is 1.07. The van der Waals surface area contributed by atoms with Crippen LogP contribution >= 0.6 is 0 Å². The molecule has 2 aromatic carbocycles. The molecule has 2 amide bonds. The summed E-state index contributed by atoms with van der Waals surface area (Å²) in [6.45, 7) is 10.1. The maximum absolute atomic E-state index is 14.9. The molecule has 298 valence electrons. The van der Waals surface area contributed by atoms with Crippen molar-refractivity contribution in [3.63, 3.8) is 0 Å². The lowest BCUT2D eigenvalue weighted by Crippen LogP contribution is -2.44. The lowest BCUT2D eigenvalue weighted by Gasteiger charge is -2.39. The van der Waals surface area contributed by atoms with Crippen LogP contribution in [0.15, 0.2) is 66.9 Å². The van der Waals surface area contributed by atoms with E-state index in [9.17, 15) is 17.6 Å². The Kier molecular flexibility index (Phi) is 11.0. The second-order valence-corrected chi connectivity index (χ2v) is 17.3. The Morgan fingerprint density at radius 2 is 1.68 bits per heavy atom. The molecule has 3 aromatic heterocycles. The molecule has 4 atom stereocenters. The first-order chi connectivity index (χ1) is 26.6. The molecule has 56 heavy (non-hydrogen) atoms. The Labute approximate surface area is 326 Å². The Morgan fingerprint density at radius 3 is 2.41 bits per heavy atom. The molecule has 0 bridgehead atoms. The molecule has 7 rings (SSSR count). The molecular formula is C40H49FN8O6S. The molecule has 2 aliphatic rings. The fourth-order valence-corrected chi connectivity index (χ4v) is 7.92.